The highest BCUT2D eigenvalue weighted by Gasteiger charge is 2.11. The molecule has 4 nitrogen and oxygen atoms in total. The topological polar surface area (TPSA) is 48.0 Å². The van der Waals surface area contributed by atoms with Gasteiger partial charge < -0.3 is 4.42 Å². The Labute approximate surface area is 97.5 Å². The fourth-order valence-corrected chi connectivity index (χ4v) is 2.01. The van der Waals surface area contributed by atoms with Crippen LogP contribution in [0, 0.1) is 0 Å². The molecule has 2 heterocycles. The number of fused-ring (bicyclic) bond motifs is 3. The summed E-state index contributed by atoms with van der Waals surface area (Å²) < 4.78 is 6.87. The lowest BCUT2D eigenvalue weighted by Crippen LogP contribution is -2.18. The summed E-state index contributed by atoms with van der Waals surface area (Å²) in [6.07, 6.45) is 2.64. The van der Waals surface area contributed by atoms with E-state index in [-0.39, 0.29) is 5.56 Å². The molecule has 0 aliphatic rings. The third-order valence-electron chi connectivity index (χ3n) is 3.05. The van der Waals surface area contributed by atoms with Crippen LogP contribution in [0.15, 0.2) is 33.6 Å². The molecule has 86 valence electrons. The zero-order valence-corrected chi connectivity index (χ0v) is 9.73. The van der Waals surface area contributed by atoms with Gasteiger partial charge in [0.05, 0.1) is 11.6 Å². The predicted octanol–water partition coefficient (Wildman–Crippen LogP) is 2.24. The normalized spacial score (nSPS) is 11.4. The Bertz CT molecular complexity index is 768. The van der Waals surface area contributed by atoms with Gasteiger partial charge in [-0.1, -0.05) is 13.0 Å². The van der Waals surface area contributed by atoms with E-state index in [0.717, 1.165) is 22.8 Å². The molecule has 4 heteroatoms. The minimum Gasteiger partial charge on any atom is -0.450 e. The minimum atomic E-state index is -0.197. The number of hydrogen-bond acceptors (Lipinski definition) is 3. The Morgan fingerprint density at radius 1 is 1.35 bits per heavy atom. The first-order valence-corrected chi connectivity index (χ1v) is 5.58. The third-order valence-corrected chi connectivity index (χ3v) is 3.05. The number of hydrogen-bond donors (Lipinski definition) is 0. The van der Waals surface area contributed by atoms with Gasteiger partial charge >= 0.3 is 5.56 Å². The second-order valence-corrected chi connectivity index (χ2v) is 4.10. The Morgan fingerprint density at radius 3 is 2.94 bits per heavy atom. The Hall–Kier alpha value is -2.10. The van der Waals surface area contributed by atoms with E-state index in [4.69, 9.17) is 4.42 Å². The average Bonchev–Trinajstić information content (AvgIpc) is 2.72. The highest BCUT2D eigenvalue weighted by atomic mass is 16.3. The van der Waals surface area contributed by atoms with Crippen molar-refractivity contribution >= 4 is 21.9 Å². The lowest BCUT2D eigenvalue weighted by Gasteiger charge is -1.95. The van der Waals surface area contributed by atoms with Crippen LogP contribution >= 0.6 is 0 Å². The lowest BCUT2D eigenvalue weighted by molar-refractivity contribution is 0.636. The van der Waals surface area contributed by atoms with E-state index >= 15 is 0 Å². The molecule has 0 saturated heterocycles. The van der Waals surface area contributed by atoms with Gasteiger partial charge in [0.1, 0.15) is 5.58 Å². The molecule has 17 heavy (non-hydrogen) atoms. The van der Waals surface area contributed by atoms with Gasteiger partial charge in [0.25, 0.3) is 0 Å². The van der Waals surface area contributed by atoms with Gasteiger partial charge in [0.15, 0.2) is 0 Å². The van der Waals surface area contributed by atoms with Crippen molar-refractivity contribution in [2.75, 3.05) is 0 Å². The van der Waals surface area contributed by atoms with Gasteiger partial charge in [-0.3, -0.25) is 4.79 Å². The van der Waals surface area contributed by atoms with Gasteiger partial charge in [-0.15, -0.1) is 0 Å². The van der Waals surface area contributed by atoms with Crippen LogP contribution in [-0.2, 0) is 13.5 Å². The number of aromatic nitrogens is 2. The van der Waals surface area contributed by atoms with Crippen LogP contribution in [0.5, 0.6) is 0 Å². The molecular formula is C13H12N2O2. The number of furan rings is 1. The van der Waals surface area contributed by atoms with Gasteiger partial charge in [0, 0.05) is 12.4 Å². The van der Waals surface area contributed by atoms with Crippen molar-refractivity contribution in [3.8, 4) is 0 Å². The smallest absolute Gasteiger partial charge is 0.310 e. The predicted molar refractivity (Wildman–Crippen MR) is 66.1 cm³/mol. The van der Waals surface area contributed by atoms with Crippen molar-refractivity contribution in [1.82, 2.24) is 9.78 Å². The summed E-state index contributed by atoms with van der Waals surface area (Å²) in [5.74, 6) is 0. The zero-order valence-electron chi connectivity index (χ0n) is 9.73. The highest BCUT2D eigenvalue weighted by molar-refractivity contribution is 6.04. The molecule has 0 N–H and O–H groups in total. The SMILES string of the molecule is CCc1ccc2oc3c(=O)n(C)ncc3c2c1. The van der Waals surface area contributed by atoms with Crippen molar-refractivity contribution < 1.29 is 4.42 Å². The van der Waals surface area contributed by atoms with E-state index in [2.05, 4.69) is 18.1 Å². The molecule has 0 saturated carbocycles. The van der Waals surface area contributed by atoms with Crippen molar-refractivity contribution in [2.24, 2.45) is 7.05 Å². The molecule has 3 aromatic rings. The lowest BCUT2D eigenvalue weighted by atomic mass is 10.1. The molecule has 3 rings (SSSR count). The monoisotopic (exact) mass is 228 g/mol. The van der Waals surface area contributed by atoms with Gasteiger partial charge in [-0.25, -0.2) is 4.68 Å². The van der Waals surface area contributed by atoms with Crippen LogP contribution in [0.25, 0.3) is 21.9 Å². The average molecular weight is 228 g/mol. The van der Waals surface area contributed by atoms with Crippen LogP contribution < -0.4 is 5.56 Å². The van der Waals surface area contributed by atoms with Crippen LogP contribution in [0.4, 0.5) is 0 Å². The van der Waals surface area contributed by atoms with Crippen LogP contribution in [0.3, 0.4) is 0 Å². The van der Waals surface area contributed by atoms with Crippen LogP contribution in [0.1, 0.15) is 12.5 Å². The molecule has 2 aromatic heterocycles. The molecule has 0 atom stereocenters. The summed E-state index contributed by atoms with van der Waals surface area (Å²) in [7, 11) is 1.62. The van der Waals surface area contributed by atoms with E-state index in [0.29, 0.717) is 5.58 Å². The zero-order chi connectivity index (χ0) is 12.0. The quantitative estimate of drug-likeness (QED) is 0.641. The van der Waals surface area contributed by atoms with Gasteiger partial charge in [0.2, 0.25) is 5.58 Å². The maximum Gasteiger partial charge on any atom is 0.310 e. The molecule has 0 unspecified atom stereocenters. The van der Waals surface area contributed by atoms with Crippen molar-refractivity contribution in [3.05, 3.63) is 40.3 Å². The summed E-state index contributed by atoms with van der Waals surface area (Å²) in [4.78, 5) is 11.9. The van der Waals surface area contributed by atoms with Crippen molar-refractivity contribution in [3.63, 3.8) is 0 Å². The number of rotatable bonds is 1. The van der Waals surface area contributed by atoms with Crippen molar-refractivity contribution in [2.45, 2.75) is 13.3 Å². The fraction of sp³-hybridized carbons (Fsp3) is 0.231. The first-order valence-electron chi connectivity index (χ1n) is 5.58. The van der Waals surface area contributed by atoms with Crippen LogP contribution in [0.2, 0.25) is 0 Å². The van der Waals surface area contributed by atoms with Crippen LogP contribution in [-0.4, -0.2) is 9.78 Å². The second kappa shape index (κ2) is 3.45. The van der Waals surface area contributed by atoms with E-state index < -0.39 is 0 Å². The van der Waals surface area contributed by atoms with E-state index in [1.54, 1.807) is 13.2 Å². The van der Waals surface area contributed by atoms with Crippen molar-refractivity contribution in [1.29, 1.82) is 0 Å². The van der Waals surface area contributed by atoms with Gasteiger partial charge in [-0.05, 0) is 24.1 Å². The first kappa shape index (κ1) is 10.1. The molecule has 0 fully saturated rings. The maximum absolute atomic E-state index is 11.9. The van der Waals surface area contributed by atoms with Gasteiger partial charge in [-0.2, -0.15) is 5.10 Å². The largest absolute Gasteiger partial charge is 0.450 e. The highest BCUT2D eigenvalue weighted by Crippen LogP contribution is 2.26. The fourth-order valence-electron chi connectivity index (χ4n) is 2.01. The summed E-state index contributed by atoms with van der Waals surface area (Å²) >= 11 is 0. The third kappa shape index (κ3) is 1.37. The Balaban J connectivity index is 2.51. The van der Waals surface area contributed by atoms with E-state index in [1.165, 1.54) is 10.2 Å². The molecular weight excluding hydrogens is 216 g/mol. The number of aryl methyl sites for hydroxylation is 2. The molecule has 0 aliphatic carbocycles. The summed E-state index contributed by atoms with van der Waals surface area (Å²) in [5.41, 5.74) is 2.14. The summed E-state index contributed by atoms with van der Waals surface area (Å²) in [6.45, 7) is 2.10. The Morgan fingerprint density at radius 2 is 2.18 bits per heavy atom. The summed E-state index contributed by atoms with van der Waals surface area (Å²) in [5, 5.41) is 5.78. The number of nitrogens with zero attached hydrogens (tertiary/aromatic N) is 2. The minimum absolute atomic E-state index is 0.197. The first-order chi connectivity index (χ1) is 8.20. The maximum atomic E-state index is 11.9. The molecule has 0 bridgehead atoms. The second-order valence-electron chi connectivity index (χ2n) is 4.10. The standard InChI is InChI=1S/C13H12N2O2/c1-3-8-4-5-11-9(6-8)10-7-14-15(2)13(16)12(10)17-11/h4-7H,3H2,1-2H3. The molecule has 0 amide bonds. The Kier molecular flexibility index (Phi) is 2.04. The molecule has 0 spiro atoms. The summed E-state index contributed by atoms with van der Waals surface area (Å²) in [6, 6.07) is 5.98. The van der Waals surface area contributed by atoms with E-state index in [1.807, 2.05) is 12.1 Å². The molecule has 0 radical (unpaired) electrons. The molecule has 1 aromatic carbocycles. The number of benzene rings is 1. The molecule has 0 aliphatic heterocycles. The van der Waals surface area contributed by atoms with E-state index in [9.17, 15) is 4.79 Å².